The highest BCUT2D eigenvalue weighted by Crippen LogP contribution is 2.40. The van der Waals surface area contributed by atoms with Crippen LogP contribution in [0.3, 0.4) is 0 Å². The average Bonchev–Trinajstić information content (AvgIpc) is 2.52. The highest BCUT2D eigenvalue weighted by molar-refractivity contribution is 5.47. The summed E-state index contributed by atoms with van der Waals surface area (Å²) in [5.41, 5.74) is 0.997. The summed E-state index contributed by atoms with van der Waals surface area (Å²) in [6.07, 6.45) is 1.09. The largest absolute Gasteiger partial charge is 0.504 e. The molecule has 118 valence electrons. The van der Waals surface area contributed by atoms with Gasteiger partial charge in [-0.3, -0.25) is 4.90 Å². The van der Waals surface area contributed by atoms with Gasteiger partial charge in [0.1, 0.15) is 0 Å². The van der Waals surface area contributed by atoms with Gasteiger partial charge < -0.3 is 15.2 Å². The Balaban J connectivity index is 2.33. The summed E-state index contributed by atoms with van der Waals surface area (Å²) in [6.45, 7) is 11.0. The van der Waals surface area contributed by atoms with Gasteiger partial charge in [-0.2, -0.15) is 0 Å². The molecule has 1 aromatic carbocycles. The summed E-state index contributed by atoms with van der Waals surface area (Å²) in [5.74, 6) is 1.40. The fourth-order valence-corrected chi connectivity index (χ4v) is 3.10. The number of para-hydroxylation sites is 1. The molecule has 1 heterocycles. The summed E-state index contributed by atoms with van der Waals surface area (Å²) in [6, 6.07) is 6.11. The van der Waals surface area contributed by atoms with Gasteiger partial charge in [-0.1, -0.05) is 32.4 Å². The standard InChI is InChI=1S/C17H28N2O2/c1-4-13(3)16(19-11-9-18-10-12-19)14-7-6-8-15(17(14)20)21-5-2/h6-8,13,16,18,20H,4-5,9-12H2,1-3H3/t13?,16-/m1/s1. The lowest BCUT2D eigenvalue weighted by atomic mass is 9.89. The lowest BCUT2D eigenvalue weighted by Crippen LogP contribution is -2.46. The van der Waals surface area contributed by atoms with Crippen molar-refractivity contribution >= 4 is 0 Å². The second kappa shape index (κ2) is 7.66. The minimum Gasteiger partial charge on any atom is -0.504 e. The van der Waals surface area contributed by atoms with Crippen LogP contribution in [0.25, 0.3) is 0 Å². The number of ether oxygens (including phenoxy) is 1. The van der Waals surface area contributed by atoms with Gasteiger partial charge in [0.25, 0.3) is 0 Å². The molecule has 0 radical (unpaired) electrons. The Kier molecular flexibility index (Phi) is 5.88. The molecule has 2 atom stereocenters. The Morgan fingerprint density at radius 2 is 2.00 bits per heavy atom. The van der Waals surface area contributed by atoms with E-state index < -0.39 is 0 Å². The molecule has 1 aliphatic heterocycles. The van der Waals surface area contributed by atoms with Crippen LogP contribution in [-0.2, 0) is 0 Å². The van der Waals surface area contributed by atoms with Gasteiger partial charge in [0.15, 0.2) is 11.5 Å². The van der Waals surface area contributed by atoms with Crippen molar-refractivity contribution < 1.29 is 9.84 Å². The molecule has 0 saturated carbocycles. The van der Waals surface area contributed by atoms with E-state index in [1.807, 2.05) is 25.1 Å². The Hall–Kier alpha value is -1.26. The zero-order valence-corrected chi connectivity index (χ0v) is 13.4. The molecule has 2 rings (SSSR count). The molecule has 1 aromatic rings. The minimum absolute atomic E-state index is 0.248. The smallest absolute Gasteiger partial charge is 0.162 e. The van der Waals surface area contributed by atoms with Gasteiger partial charge in [-0.15, -0.1) is 0 Å². The van der Waals surface area contributed by atoms with Crippen molar-refractivity contribution in [1.82, 2.24) is 10.2 Å². The number of rotatable bonds is 6. The molecule has 0 spiro atoms. The summed E-state index contributed by atoms with van der Waals surface area (Å²) in [7, 11) is 0. The monoisotopic (exact) mass is 292 g/mol. The van der Waals surface area contributed by atoms with Gasteiger partial charge in [0.05, 0.1) is 6.61 Å². The molecule has 4 nitrogen and oxygen atoms in total. The highest BCUT2D eigenvalue weighted by Gasteiger charge is 2.29. The molecule has 1 unspecified atom stereocenters. The predicted molar refractivity (Wildman–Crippen MR) is 85.9 cm³/mol. The fourth-order valence-electron chi connectivity index (χ4n) is 3.10. The van der Waals surface area contributed by atoms with Crippen molar-refractivity contribution in [2.75, 3.05) is 32.8 Å². The van der Waals surface area contributed by atoms with Gasteiger partial charge >= 0.3 is 0 Å². The van der Waals surface area contributed by atoms with Crippen molar-refractivity contribution in [3.63, 3.8) is 0 Å². The van der Waals surface area contributed by atoms with Gasteiger partial charge in [-0.05, 0) is 18.9 Å². The van der Waals surface area contributed by atoms with Gasteiger partial charge in [0.2, 0.25) is 0 Å². The van der Waals surface area contributed by atoms with E-state index in [-0.39, 0.29) is 6.04 Å². The molecule has 1 saturated heterocycles. The number of hydrogen-bond acceptors (Lipinski definition) is 4. The highest BCUT2D eigenvalue weighted by atomic mass is 16.5. The molecule has 0 amide bonds. The van der Waals surface area contributed by atoms with Crippen LogP contribution in [0.5, 0.6) is 11.5 Å². The number of aromatic hydroxyl groups is 1. The number of phenols is 1. The number of nitrogens with one attached hydrogen (secondary N) is 1. The summed E-state index contributed by atoms with van der Waals surface area (Å²) < 4.78 is 5.55. The molecular formula is C17H28N2O2. The third-order valence-electron chi connectivity index (χ3n) is 4.38. The number of benzene rings is 1. The van der Waals surface area contributed by atoms with Crippen LogP contribution in [0, 0.1) is 5.92 Å². The van der Waals surface area contributed by atoms with Crippen molar-refractivity contribution in [3.05, 3.63) is 23.8 Å². The molecule has 4 heteroatoms. The second-order valence-corrected chi connectivity index (χ2v) is 5.74. The van der Waals surface area contributed by atoms with Crippen LogP contribution >= 0.6 is 0 Å². The van der Waals surface area contributed by atoms with Crippen LogP contribution < -0.4 is 10.1 Å². The van der Waals surface area contributed by atoms with Crippen LogP contribution in [-0.4, -0.2) is 42.8 Å². The van der Waals surface area contributed by atoms with Crippen LogP contribution in [0.4, 0.5) is 0 Å². The van der Waals surface area contributed by atoms with E-state index in [0.29, 0.717) is 24.0 Å². The first-order chi connectivity index (χ1) is 10.2. The first-order valence-electron chi connectivity index (χ1n) is 8.08. The van der Waals surface area contributed by atoms with E-state index in [9.17, 15) is 5.11 Å². The number of nitrogens with zero attached hydrogens (tertiary/aromatic N) is 1. The third-order valence-corrected chi connectivity index (χ3v) is 4.38. The van der Waals surface area contributed by atoms with E-state index in [2.05, 4.69) is 24.1 Å². The molecule has 1 fully saturated rings. The fraction of sp³-hybridized carbons (Fsp3) is 0.647. The maximum Gasteiger partial charge on any atom is 0.162 e. The topological polar surface area (TPSA) is 44.7 Å². The first-order valence-corrected chi connectivity index (χ1v) is 8.08. The van der Waals surface area contributed by atoms with Gasteiger partial charge in [-0.25, -0.2) is 0 Å². The number of piperazine rings is 1. The van der Waals surface area contributed by atoms with E-state index in [0.717, 1.165) is 38.2 Å². The number of hydrogen-bond donors (Lipinski definition) is 2. The Bertz CT molecular complexity index is 444. The Morgan fingerprint density at radius 1 is 1.29 bits per heavy atom. The lowest BCUT2D eigenvalue weighted by molar-refractivity contribution is 0.125. The molecule has 0 aliphatic carbocycles. The predicted octanol–water partition coefficient (Wildman–Crippen LogP) is 2.78. The lowest BCUT2D eigenvalue weighted by Gasteiger charge is -2.38. The zero-order valence-electron chi connectivity index (χ0n) is 13.4. The maximum atomic E-state index is 10.6. The third kappa shape index (κ3) is 3.69. The molecule has 21 heavy (non-hydrogen) atoms. The van der Waals surface area contributed by atoms with E-state index >= 15 is 0 Å². The average molecular weight is 292 g/mol. The van der Waals surface area contributed by atoms with Crippen molar-refractivity contribution in [3.8, 4) is 11.5 Å². The van der Waals surface area contributed by atoms with Gasteiger partial charge in [0, 0.05) is 37.8 Å². The first kappa shape index (κ1) is 16.1. The van der Waals surface area contributed by atoms with E-state index in [1.165, 1.54) is 0 Å². The summed E-state index contributed by atoms with van der Waals surface area (Å²) in [5, 5.41) is 14.0. The summed E-state index contributed by atoms with van der Waals surface area (Å²) >= 11 is 0. The second-order valence-electron chi connectivity index (χ2n) is 5.74. The number of phenolic OH excluding ortho intramolecular Hbond substituents is 1. The molecule has 0 bridgehead atoms. The van der Waals surface area contributed by atoms with Crippen LogP contribution in [0.15, 0.2) is 18.2 Å². The zero-order chi connectivity index (χ0) is 15.2. The van der Waals surface area contributed by atoms with E-state index in [4.69, 9.17) is 4.74 Å². The molecule has 0 aromatic heterocycles. The maximum absolute atomic E-state index is 10.6. The van der Waals surface area contributed by atoms with Crippen molar-refractivity contribution in [2.24, 2.45) is 5.92 Å². The molecular weight excluding hydrogens is 264 g/mol. The molecule has 2 N–H and O–H groups in total. The SMILES string of the molecule is CCOc1cccc([C@@H](C(C)CC)N2CCNCC2)c1O. The quantitative estimate of drug-likeness (QED) is 0.846. The minimum atomic E-state index is 0.248. The van der Waals surface area contributed by atoms with Crippen molar-refractivity contribution in [1.29, 1.82) is 0 Å². The Labute approximate surface area is 128 Å². The van der Waals surface area contributed by atoms with E-state index in [1.54, 1.807) is 0 Å². The normalized spacial score (nSPS) is 19.2. The Morgan fingerprint density at radius 3 is 2.62 bits per heavy atom. The van der Waals surface area contributed by atoms with Crippen LogP contribution in [0.2, 0.25) is 0 Å². The van der Waals surface area contributed by atoms with Crippen LogP contribution in [0.1, 0.15) is 38.8 Å². The van der Waals surface area contributed by atoms with Crippen molar-refractivity contribution in [2.45, 2.75) is 33.2 Å². The summed E-state index contributed by atoms with van der Waals surface area (Å²) in [4.78, 5) is 2.48. The molecule has 1 aliphatic rings.